The van der Waals surface area contributed by atoms with Crippen molar-refractivity contribution in [3.8, 4) is 0 Å². The number of hydrogen-bond donors (Lipinski definition) is 2. The van der Waals surface area contributed by atoms with Crippen LogP contribution < -0.4 is 16.0 Å². The van der Waals surface area contributed by atoms with Gasteiger partial charge in [-0.25, -0.2) is 19.9 Å². The van der Waals surface area contributed by atoms with Crippen LogP contribution in [-0.2, 0) is 0 Å². The molecule has 0 radical (unpaired) electrons. The van der Waals surface area contributed by atoms with E-state index in [9.17, 15) is 0 Å². The third kappa shape index (κ3) is 4.56. The second kappa shape index (κ2) is 9.14. The number of aromatic nitrogens is 4. The SMILES string of the molecule is CNC(C)CC1CC(C)C(C)N1c1cnc2nc(Sc3ccnc(N)c3Cl)ccc2n1. The van der Waals surface area contributed by atoms with E-state index in [0.717, 1.165) is 34.1 Å². The van der Waals surface area contributed by atoms with Crippen molar-refractivity contribution >= 4 is 46.2 Å². The lowest BCUT2D eigenvalue weighted by Gasteiger charge is -2.31. The van der Waals surface area contributed by atoms with E-state index in [1.165, 1.54) is 11.8 Å². The van der Waals surface area contributed by atoms with Gasteiger partial charge in [-0.15, -0.1) is 0 Å². The lowest BCUT2D eigenvalue weighted by molar-refractivity contribution is 0.478. The first kappa shape index (κ1) is 22.0. The number of rotatable bonds is 6. The van der Waals surface area contributed by atoms with Gasteiger partial charge in [-0.2, -0.15) is 0 Å². The van der Waals surface area contributed by atoms with Crippen molar-refractivity contribution in [3.63, 3.8) is 0 Å². The quantitative estimate of drug-likeness (QED) is 0.562. The number of nitrogen functional groups attached to an aromatic ring is 1. The molecular formula is C22H28ClN7S. The van der Waals surface area contributed by atoms with Crippen LogP contribution in [0.2, 0.25) is 5.02 Å². The second-order valence-corrected chi connectivity index (χ2v) is 9.71. The molecule has 1 aliphatic rings. The molecule has 0 saturated carbocycles. The zero-order valence-corrected chi connectivity index (χ0v) is 19.8. The van der Waals surface area contributed by atoms with Gasteiger partial charge in [0.25, 0.3) is 0 Å². The third-order valence-corrected chi connectivity index (χ3v) is 7.65. The molecule has 1 aliphatic heterocycles. The fourth-order valence-electron chi connectivity index (χ4n) is 4.17. The summed E-state index contributed by atoms with van der Waals surface area (Å²) in [5.74, 6) is 1.85. The molecule has 3 aromatic rings. The Morgan fingerprint density at radius 1 is 1.26 bits per heavy atom. The van der Waals surface area contributed by atoms with Gasteiger partial charge in [0, 0.05) is 29.2 Å². The van der Waals surface area contributed by atoms with Gasteiger partial charge < -0.3 is 16.0 Å². The molecule has 3 aromatic heterocycles. The molecule has 0 aromatic carbocycles. The molecule has 4 rings (SSSR count). The highest BCUT2D eigenvalue weighted by molar-refractivity contribution is 7.99. The minimum atomic E-state index is 0.313. The van der Waals surface area contributed by atoms with E-state index in [2.05, 4.69) is 45.9 Å². The van der Waals surface area contributed by atoms with Crippen molar-refractivity contribution in [2.24, 2.45) is 5.92 Å². The third-order valence-electron chi connectivity index (χ3n) is 6.14. The van der Waals surface area contributed by atoms with Crippen LogP contribution in [0.5, 0.6) is 0 Å². The van der Waals surface area contributed by atoms with Crippen LogP contribution in [0.1, 0.15) is 33.6 Å². The Kier molecular flexibility index (Phi) is 6.50. The fraction of sp³-hybridized carbons (Fsp3) is 0.455. The molecule has 0 spiro atoms. The number of pyridine rings is 2. The summed E-state index contributed by atoms with van der Waals surface area (Å²) in [6.07, 6.45) is 5.73. The van der Waals surface area contributed by atoms with Gasteiger partial charge in [-0.3, -0.25) is 0 Å². The molecule has 0 bridgehead atoms. The number of anilines is 2. The average Bonchev–Trinajstić information content (AvgIpc) is 3.04. The maximum Gasteiger partial charge on any atom is 0.179 e. The first-order valence-electron chi connectivity index (χ1n) is 10.5. The summed E-state index contributed by atoms with van der Waals surface area (Å²) in [4.78, 5) is 21.5. The van der Waals surface area contributed by atoms with Crippen LogP contribution in [0.25, 0.3) is 11.2 Å². The summed E-state index contributed by atoms with van der Waals surface area (Å²) in [5.41, 5.74) is 7.21. The van der Waals surface area contributed by atoms with Gasteiger partial charge in [0.1, 0.15) is 22.2 Å². The maximum absolute atomic E-state index is 6.27. The summed E-state index contributed by atoms with van der Waals surface area (Å²) in [6.45, 7) is 6.82. The van der Waals surface area contributed by atoms with Crippen LogP contribution in [0.4, 0.5) is 11.6 Å². The number of nitrogens with one attached hydrogen (secondary N) is 1. The molecule has 1 fully saturated rings. The highest BCUT2D eigenvalue weighted by Crippen LogP contribution is 2.37. The first-order chi connectivity index (χ1) is 14.9. The molecule has 1 saturated heterocycles. The van der Waals surface area contributed by atoms with E-state index in [4.69, 9.17) is 22.3 Å². The van der Waals surface area contributed by atoms with Crippen molar-refractivity contribution in [3.05, 3.63) is 35.6 Å². The van der Waals surface area contributed by atoms with Crippen molar-refractivity contribution in [2.45, 2.75) is 61.7 Å². The van der Waals surface area contributed by atoms with Crippen LogP contribution >= 0.6 is 23.4 Å². The van der Waals surface area contributed by atoms with Gasteiger partial charge in [-0.1, -0.05) is 30.3 Å². The van der Waals surface area contributed by atoms with Gasteiger partial charge in [0.2, 0.25) is 0 Å². The molecule has 0 aliphatic carbocycles. The molecule has 4 unspecified atom stereocenters. The molecular weight excluding hydrogens is 430 g/mol. The predicted octanol–water partition coefficient (Wildman–Crippen LogP) is 4.41. The summed E-state index contributed by atoms with van der Waals surface area (Å²) >= 11 is 7.70. The average molecular weight is 458 g/mol. The summed E-state index contributed by atoms with van der Waals surface area (Å²) in [7, 11) is 2.02. The van der Waals surface area contributed by atoms with Gasteiger partial charge >= 0.3 is 0 Å². The Morgan fingerprint density at radius 3 is 2.84 bits per heavy atom. The van der Waals surface area contributed by atoms with Crippen molar-refractivity contribution in [1.82, 2.24) is 25.3 Å². The number of nitrogens with zero attached hydrogens (tertiary/aromatic N) is 5. The second-order valence-electron chi connectivity index (χ2n) is 8.27. The standard InChI is InChI=1S/C22H28ClN7S/c1-12-9-15(10-13(2)25-4)30(14(12)3)18-11-27-22-16(28-18)5-6-19(29-22)31-17-7-8-26-21(24)20(17)23/h5-8,11-15,25H,9-10H2,1-4H3,(H2,24,26). The number of halogens is 1. The monoisotopic (exact) mass is 457 g/mol. The Hall–Kier alpha value is -2.16. The van der Waals surface area contributed by atoms with E-state index in [-0.39, 0.29) is 0 Å². The fourth-order valence-corrected chi connectivity index (χ4v) is 5.21. The van der Waals surface area contributed by atoms with E-state index in [1.54, 1.807) is 6.20 Å². The van der Waals surface area contributed by atoms with Crippen LogP contribution in [0, 0.1) is 5.92 Å². The van der Waals surface area contributed by atoms with Gasteiger partial charge in [-0.05, 0) is 57.9 Å². The Bertz CT molecular complexity index is 1080. The molecule has 4 atom stereocenters. The van der Waals surface area contributed by atoms with Gasteiger partial charge in [0.05, 0.1) is 11.2 Å². The van der Waals surface area contributed by atoms with E-state index >= 15 is 0 Å². The molecule has 0 amide bonds. The van der Waals surface area contributed by atoms with Crippen molar-refractivity contribution in [1.29, 1.82) is 0 Å². The first-order valence-corrected chi connectivity index (χ1v) is 11.7. The molecule has 164 valence electrons. The van der Waals surface area contributed by atoms with Gasteiger partial charge in [0.15, 0.2) is 5.65 Å². The zero-order valence-electron chi connectivity index (χ0n) is 18.2. The minimum Gasteiger partial charge on any atom is -0.382 e. The Labute approximate surface area is 192 Å². The molecule has 31 heavy (non-hydrogen) atoms. The summed E-state index contributed by atoms with van der Waals surface area (Å²) in [5, 5.41) is 4.58. The smallest absolute Gasteiger partial charge is 0.179 e. The number of hydrogen-bond acceptors (Lipinski definition) is 8. The maximum atomic E-state index is 6.27. The zero-order chi connectivity index (χ0) is 22.1. The van der Waals surface area contributed by atoms with Crippen LogP contribution in [0.15, 0.2) is 40.5 Å². The minimum absolute atomic E-state index is 0.313. The highest BCUT2D eigenvalue weighted by Gasteiger charge is 2.37. The largest absolute Gasteiger partial charge is 0.382 e. The predicted molar refractivity (Wildman–Crippen MR) is 128 cm³/mol. The molecule has 4 heterocycles. The normalized spacial score (nSPS) is 22.2. The highest BCUT2D eigenvalue weighted by atomic mass is 35.5. The lowest BCUT2D eigenvalue weighted by atomic mass is 10.00. The van der Waals surface area contributed by atoms with Crippen LogP contribution in [0.3, 0.4) is 0 Å². The molecule has 7 nitrogen and oxygen atoms in total. The Morgan fingerprint density at radius 2 is 2.06 bits per heavy atom. The summed E-state index contributed by atoms with van der Waals surface area (Å²) in [6, 6.07) is 7.05. The number of fused-ring (bicyclic) bond motifs is 1. The molecule has 9 heteroatoms. The van der Waals surface area contributed by atoms with Crippen LogP contribution in [-0.4, -0.2) is 45.1 Å². The van der Waals surface area contributed by atoms with Crippen molar-refractivity contribution in [2.75, 3.05) is 17.7 Å². The molecule has 3 N–H and O–H groups in total. The van der Waals surface area contributed by atoms with E-state index < -0.39 is 0 Å². The van der Waals surface area contributed by atoms with E-state index in [1.807, 2.05) is 31.4 Å². The lowest BCUT2D eigenvalue weighted by Crippen LogP contribution is -2.39. The van der Waals surface area contributed by atoms with E-state index in [0.29, 0.717) is 40.5 Å². The Balaban J connectivity index is 1.61. The number of nitrogens with two attached hydrogens (primary N) is 1. The summed E-state index contributed by atoms with van der Waals surface area (Å²) < 4.78 is 0. The van der Waals surface area contributed by atoms with Crippen molar-refractivity contribution < 1.29 is 0 Å². The topological polar surface area (TPSA) is 92.8 Å².